The highest BCUT2D eigenvalue weighted by Gasteiger charge is 2.17. The predicted octanol–water partition coefficient (Wildman–Crippen LogP) is 1.46. The summed E-state index contributed by atoms with van der Waals surface area (Å²) in [5, 5.41) is 18.3. The van der Waals surface area contributed by atoms with E-state index in [2.05, 4.69) is 0 Å². The van der Waals surface area contributed by atoms with Crippen LogP contribution in [0.2, 0.25) is 0 Å². The Morgan fingerprint density at radius 1 is 1.46 bits per heavy atom. The molecule has 1 rings (SSSR count). The third kappa shape index (κ3) is 1.98. The average molecular weight is 176 g/mol. The van der Waals surface area contributed by atoms with Crippen molar-refractivity contribution in [1.29, 1.82) is 5.26 Å². The van der Waals surface area contributed by atoms with Gasteiger partial charge in [0.25, 0.3) is 0 Å². The number of para-hydroxylation sites is 1. The summed E-state index contributed by atoms with van der Waals surface area (Å²) in [5.74, 6) is -0.440. The Kier molecular flexibility index (Phi) is 2.88. The van der Waals surface area contributed by atoms with Gasteiger partial charge in [0.05, 0.1) is 18.1 Å². The van der Waals surface area contributed by atoms with Gasteiger partial charge in [-0.15, -0.1) is 0 Å². The van der Waals surface area contributed by atoms with Crippen molar-refractivity contribution in [3.05, 3.63) is 29.8 Å². The monoisotopic (exact) mass is 176 g/mol. The van der Waals surface area contributed by atoms with Crippen LogP contribution >= 0.6 is 0 Å². The Labute approximate surface area is 77.4 Å². The molecule has 1 aromatic rings. The fraction of sp³-hybridized carbons (Fsp3) is 0.300. The van der Waals surface area contributed by atoms with Gasteiger partial charge >= 0.3 is 0 Å². The zero-order valence-corrected chi connectivity index (χ0v) is 7.44. The first-order valence-electron chi connectivity index (χ1n) is 4.09. The van der Waals surface area contributed by atoms with Crippen LogP contribution in [0.25, 0.3) is 0 Å². The largest absolute Gasteiger partial charge is 0.398 e. The maximum atomic E-state index is 9.67. The number of hydrogen-bond donors (Lipinski definition) is 2. The summed E-state index contributed by atoms with van der Waals surface area (Å²) in [6, 6.07) is 9.01. The molecule has 68 valence electrons. The van der Waals surface area contributed by atoms with Gasteiger partial charge in [0.2, 0.25) is 0 Å². The summed E-state index contributed by atoms with van der Waals surface area (Å²) in [6.07, 6.45) is -0.800. The van der Waals surface area contributed by atoms with Crippen molar-refractivity contribution in [1.82, 2.24) is 0 Å². The molecule has 0 aliphatic heterocycles. The van der Waals surface area contributed by atoms with Crippen LogP contribution in [-0.2, 0) is 0 Å². The normalized spacial score (nSPS) is 14.5. The number of nitrogens with zero attached hydrogens (tertiary/aromatic N) is 1. The molecule has 0 spiro atoms. The van der Waals surface area contributed by atoms with E-state index in [1.54, 1.807) is 31.2 Å². The maximum absolute atomic E-state index is 9.67. The number of anilines is 1. The lowest BCUT2D eigenvalue weighted by molar-refractivity contribution is 0.143. The van der Waals surface area contributed by atoms with Crippen molar-refractivity contribution >= 4 is 5.69 Å². The Bertz CT molecular complexity index is 330. The maximum Gasteiger partial charge on any atom is 0.0965 e. The van der Waals surface area contributed by atoms with E-state index >= 15 is 0 Å². The number of aliphatic hydroxyl groups is 1. The Hall–Kier alpha value is -1.53. The Morgan fingerprint density at radius 2 is 2.08 bits per heavy atom. The molecule has 0 aliphatic rings. The Balaban J connectivity index is 2.96. The van der Waals surface area contributed by atoms with Crippen molar-refractivity contribution in [2.24, 2.45) is 5.92 Å². The van der Waals surface area contributed by atoms with Crippen LogP contribution in [-0.4, -0.2) is 5.11 Å². The van der Waals surface area contributed by atoms with E-state index in [0.717, 1.165) is 0 Å². The van der Waals surface area contributed by atoms with Gasteiger partial charge in [0.1, 0.15) is 0 Å². The molecule has 0 heterocycles. The van der Waals surface area contributed by atoms with Gasteiger partial charge < -0.3 is 10.8 Å². The summed E-state index contributed by atoms with van der Waals surface area (Å²) < 4.78 is 0. The van der Waals surface area contributed by atoms with Crippen molar-refractivity contribution in [3.63, 3.8) is 0 Å². The average Bonchev–Trinajstić information content (AvgIpc) is 2.16. The predicted molar refractivity (Wildman–Crippen MR) is 50.6 cm³/mol. The SMILES string of the molecule is CC(C#N)C(O)c1ccccc1N. The molecule has 0 aromatic heterocycles. The van der Waals surface area contributed by atoms with Crippen LogP contribution in [0.15, 0.2) is 24.3 Å². The van der Waals surface area contributed by atoms with Crippen LogP contribution in [0.4, 0.5) is 5.69 Å². The van der Waals surface area contributed by atoms with Crippen LogP contribution in [0.5, 0.6) is 0 Å². The summed E-state index contributed by atoms with van der Waals surface area (Å²) >= 11 is 0. The highest BCUT2D eigenvalue weighted by molar-refractivity contribution is 5.47. The van der Waals surface area contributed by atoms with E-state index < -0.39 is 12.0 Å². The molecule has 3 nitrogen and oxygen atoms in total. The summed E-state index contributed by atoms with van der Waals surface area (Å²) in [7, 11) is 0. The third-order valence-electron chi connectivity index (χ3n) is 1.99. The molecule has 0 radical (unpaired) electrons. The van der Waals surface area contributed by atoms with E-state index in [1.807, 2.05) is 6.07 Å². The third-order valence-corrected chi connectivity index (χ3v) is 1.99. The van der Waals surface area contributed by atoms with Gasteiger partial charge in [-0.25, -0.2) is 0 Å². The number of benzene rings is 1. The lowest BCUT2D eigenvalue weighted by Gasteiger charge is -2.14. The molecule has 0 saturated carbocycles. The van der Waals surface area contributed by atoms with Crippen molar-refractivity contribution in [3.8, 4) is 6.07 Å². The number of nitrogen functional groups attached to an aromatic ring is 1. The zero-order valence-electron chi connectivity index (χ0n) is 7.44. The van der Waals surface area contributed by atoms with E-state index in [1.165, 1.54) is 0 Å². The first-order valence-corrected chi connectivity index (χ1v) is 4.09. The molecular weight excluding hydrogens is 164 g/mol. The molecule has 3 heteroatoms. The van der Waals surface area contributed by atoms with Crippen LogP contribution < -0.4 is 5.73 Å². The fourth-order valence-electron chi connectivity index (χ4n) is 1.12. The van der Waals surface area contributed by atoms with Crippen LogP contribution in [0.1, 0.15) is 18.6 Å². The number of aliphatic hydroxyl groups excluding tert-OH is 1. The minimum atomic E-state index is -0.800. The van der Waals surface area contributed by atoms with Gasteiger partial charge in [-0.05, 0) is 13.0 Å². The highest BCUT2D eigenvalue weighted by Crippen LogP contribution is 2.25. The minimum absolute atomic E-state index is 0.440. The standard InChI is InChI=1S/C10H12N2O/c1-7(6-11)10(13)8-4-2-3-5-9(8)12/h2-5,7,10,13H,12H2,1H3. The second kappa shape index (κ2) is 3.92. The molecule has 0 fully saturated rings. The molecule has 3 N–H and O–H groups in total. The van der Waals surface area contributed by atoms with Gasteiger partial charge in [0.15, 0.2) is 0 Å². The lowest BCUT2D eigenvalue weighted by atomic mass is 9.97. The molecule has 0 amide bonds. The van der Waals surface area contributed by atoms with E-state index in [0.29, 0.717) is 11.3 Å². The lowest BCUT2D eigenvalue weighted by Crippen LogP contribution is -2.09. The van der Waals surface area contributed by atoms with Crippen molar-refractivity contribution < 1.29 is 5.11 Å². The number of rotatable bonds is 2. The first kappa shape index (κ1) is 9.56. The smallest absolute Gasteiger partial charge is 0.0965 e. The van der Waals surface area contributed by atoms with Gasteiger partial charge in [0, 0.05) is 11.3 Å². The van der Waals surface area contributed by atoms with Crippen molar-refractivity contribution in [2.45, 2.75) is 13.0 Å². The fourth-order valence-corrected chi connectivity index (χ4v) is 1.12. The van der Waals surface area contributed by atoms with Gasteiger partial charge in [-0.2, -0.15) is 5.26 Å². The molecule has 13 heavy (non-hydrogen) atoms. The van der Waals surface area contributed by atoms with Crippen LogP contribution in [0, 0.1) is 17.2 Å². The molecule has 0 bridgehead atoms. The molecular formula is C10H12N2O. The van der Waals surface area contributed by atoms with Gasteiger partial charge in [-0.3, -0.25) is 0 Å². The van der Waals surface area contributed by atoms with E-state index in [-0.39, 0.29) is 0 Å². The molecule has 0 saturated heterocycles. The second-order valence-electron chi connectivity index (χ2n) is 2.99. The number of hydrogen-bond acceptors (Lipinski definition) is 3. The van der Waals surface area contributed by atoms with E-state index in [9.17, 15) is 5.11 Å². The van der Waals surface area contributed by atoms with Gasteiger partial charge in [-0.1, -0.05) is 18.2 Å². The second-order valence-corrected chi connectivity index (χ2v) is 2.99. The quantitative estimate of drug-likeness (QED) is 0.670. The summed E-state index contributed by atoms with van der Waals surface area (Å²) in [4.78, 5) is 0. The number of nitriles is 1. The molecule has 0 aliphatic carbocycles. The summed E-state index contributed by atoms with van der Waals surface area (Å²) in [5.41, 5.74) is 6.79. The van der Waals surface area contributed by atoms with Crippen molar-refractivity contribution in [2.75, 3.05) is 5.73 Å². The first-order chi connectivity index (χ1) is 6.16. The zero-order chi connectivity index (χ0) is 9.84. The molecule has 2 atom stereocenters. The molecule has 1 aromatic carbocycles. The number of nitrogens with two attached hydrogens (primary N) is 1. The topological polar surface area (TPSA) is 70.0 Å². The van der Waals surface area contributed by atoms with Crippen LogP contribution in [0.3, 0.4) is 0 Å². The summed E-state index contributed by atoms with van der Waals surface area (Å²) in [6.45, 7) is 1.66. The highest BCUT2D eigenvalue weighted by atomic mass is 16.3. The molecule has 2 unspecified atom stereocenters. The van der Waals surface area contributed by atoms with E-state index in [4.69, 9.17) is 11.0 Å². The minimum Gasteiger partial charge on any atom is -0.398 e. The Morgan fingerprint density at radius 3 is 2.62 bits per heavy atom.